The van der Waals surface area contributed by atoms with Gasteiger partial charge in [-0.1, -0.05) is 15.9 Å². The molecule has 1 aromatic rings. The van der Waals surface area contributed by atoms with Crippen molar-refractivity contribution in [3.05, 3.63) is 34.1 Å². The molecule has 0 radical (unpaired) electrons. The first-order valence-electron chi connectivity index (χ1n) is 6.83. The molecule has 23 heavy (non-hydrogen) atoms. The van der Waals surface area contributed by atoms with Gasteiger partial charge in [0.25, 0.3) is 0 Å². The van der Waals surface area contributed by atoms with Crippen molar-refractivity contribution < 1.29 is 17.6 Å². The Morgan fingerprint density at radius 3 is 2.35 bits per heavy atom. The molecule has 0 bridgehead atoms. The van der Waals surface area contributed by atoms with Crippen molar-refractivity contribution in [2.75, 3.05) is 26.2 Å². The summed E-state index contributed by atoms with van der Waals surface area (Å²) >= 11 is 3.33. The molecule has 9 heteroatoms. The van der Waals surface area contributed by atoms with Crippen molar-refractivity contribution in [3.63, 3.8) is 0 Å². The van der Waals surface area contributed by atoms with Crippen molar-refractivity contribution in [1.82, 2.24) is 10.2 Å². The summed E-state index contributed by atoms with van der Waals surface area (Å²) in [5, 5.41) is 3.17. The number of halogens is 7. The Hall–Kier alpha value is -0.0800. The summed E-state index contributed by atoms with van der Waals surface area (Å²) in [6.45, 7) is 2.78. The zero-order valence-corrected chi connectivity index (χ0v) is 15.4. The number of alkyl halides is 3. The molecule has 2 rings (SSSR count). The maximum absolute atomic E-state index is 13.5. The monoisotopic (exact) mass is 440 g/mol. The minimum atomic E-state index is -4.20. The van der Waals surface area contributed by atoms with E-state index in [1.54, 1.807) is 6.07 Å². The predicted molar refractivity (Wildman–Crippen MR) is 91.1 cm³/mol. The van der Waals surface area contributed by atoms with Crippen molar-refractivity contribution in [3.8, 4) is 0 Å². The average molecular weight is 442 g/mol. The highest BCUT2D eigenvalue weighted by molar-refractivity contribution is 9.10. The Labute approximate surface area is 153 Å². The van der Waals surface area contributed by atoms with Gasteiger partial charge in [-0.05, 0) is 30.2 Å². The molecular formula is C14H19BrCl2F4N2. The molecule has 0 saturated carbocycles. The highest BCUT2D eigenvalue weighted by Gasteiger charge is 2.32. The van der Waals surface area contributed by atoms with Crippen LogP contribution in [0, 0.1) is 5.82 Å². The minimum absolute atomic E-state index is 0. The fraction of sp³-hybridized carbons (Fsp3) is 0.571. The molecule has 1 aliphatic heterocycles. The van der Waals surface area contributed by atoms with Crippen molar-refractivity contribution in [1.29, 1.82) is 0 Å². The van der Waals surface area contributed by atoms with Crippen molar-refractivity contribution >= 4 is 40.7 Å². The minimum Gasteiger partial charge on any atom is -0.314 e. The largest absolute Gasteiger partial charge is 0.389 e. The maximum Gasteiger partial charge on any atom is 0.389 e. The quantitative estimate of drug-likeness (QED) is 0.680. The molecule has 0 aliphatic carbocycles. The lowest BCUT2D eigenvalue weighted by molar-refractivity contribution is -0.138. The second-order valence-electron chi connectivity index (χ2n) is 5.12. The fourth-order valence-corrected chi connectivity index (χ4v) is 3.11. The normalized spacial score (nSPS) is 17.1. The van der Waals surface area contributed by atoms with Gasteiger partial charge in [-0.3, -0.25) is 4.90 Å². The first-order chi connectivity index (χ1) is 9.87. The summed E-state index contributed by atoms with van der Waals surface area (Å²) in [5.41, 5.74) is 0.584. The lowest BCUT2D eigenvalue weighted by atomic mass is 9.99. The van der Waals surface area contributed by atoms with Crippen molar-refractivity contribution in [2.45, 2.75) is 25.1 Å². The van der Waals surface area contributed by atoms with Gasteiger partial charge >= 0.3 is 6.18 Å². The highest BCUT2D eigenvalue weighted by atomic mass is 79.9. The Morgan fingerprint density at radius 2 is 1.78 bits per heavy atom. The molecule has 0 aromatic heterocycles. The van der Waals surface area contributed by atoms with Crippen molar-refractivity contribution in [2.24, 2.45) is 0 Å². The van der Waals surface area contributed by atoms with Gasteiger partial charge in [0.1, 0.15) is 5.82 Å². The third-order valence-electron chi connectivity index (χ3n) is 3.61. The third-order valence-corrected chi connectivity index (χ3v) is 4.33. The number of hydrogen-bond donors (Lipinski definition) is 1. The summed E-state index contributed by atoms with van der Waals surface area (Å²) in [6, 6.07) is 3.74. The van der Waals surface area contributed by atoms with E-state index in [1.165, 1.54) is 12.1 Å². The van der Waals surface area contributed by atoms with Gasteiger partial charge in [-0.15, -0.1) is 24.8 Å². The van der Waals surface area contributed by atoms with Crippen LogP contribution in [0.25, 0.3) is 0 Å². The second kappa shape index (κ2) is 10.0. The Morgan fingerprint density at radius 1 is 1.17 bits per heavy atom. The van der Waals surface area contributed by atoms with Gasteiger partial charge in [0.15, 0.2) is 0 Å². The molecule has 0 spiro atoms. The smallest absolute Gasteiger partial charge is 0.314 e. The molecule has 1 fully saturated rings. The molecule has 1 heterocycles. The van der Waals surface area contributed by atoms with E-state index in [2.05, 4.69) is 21.2 Å². The van der Waals surface area contributed by atoms with Crippen LogP contribution in [0.15, 0.2) is 22.7 Å². The second-order valence-corrected chi connectivity index (χ2v) is 5.98. The molecule has 2 nitrogen and oxygen atoms in total. The van der Waals surface area contributed by atoms with Gasteiger partial charge in [0.2, 0.25) is 0 Å². The fourth-order valence-electron chi connectivity index (χ4n) is 2.60. The summed E-state index contributed by atoms with van der Waals surface area (Å²) in [4.78, 5) is 1.99. The van der Waals surface area contributed by atoms with Crippen LogP contribution in [0.3, 0.4) is 0 Å². The van der Waals surface area contributed by atoms with Crippen LogP contribution in [-0.2, 0) is 0 Å². The van der Waals surface area contributed by atoms with Crippen LogP contribution in [0.2, 0.25) is 0 Å². The van der Waals surface area contributed by atoms with Gasteiger partial charge in [-0.2, -0.15) is 13.2 Å². The van der Waals surface area contributed by atoms with Crippen LogP contribution in [-0.4, -0.2) is 37.3 Å². The molecule has 0 amide bonds. The third kappa shape index (κ3) is 7.13. The van der Waals surface area contributed by atoms with E-state index in [-0.39, 0.29) is 31.2 Å². The molecule has 1 aliphatic rings. The van der Waals surface area contributed by atoms with Crippen LogP contribution < -0.4 is 5.32 Å². The molecule has 134 valence electrons. The summed E-state index contributed by atoms with van der Waals surface area (Å²) in [6.07, 6.45) is -5.14. The van der Waals surface area contributed by atoms with Crippen LogP contribution >= 0.6 is 40.7 Å². The van der Waals surface area contributed by atoms with Crippen LogP contribution in [0.5, 0.6) is 0 Å². The number of nitrogens with one attached hydrogen (secondary N) is 1. The van der Waals surface area contributed by atoms with Gasteiger partial charge in [-0.25, -0.2) is 4.39 Å². The number of benzene rings is 1. The summed E-state index contributed by atoms with van der Waals surface area (Å²) < 4.78 is 51.8. The van der Waals surface area contributed by atoms with Gasteiger partial charge in [0, 0.05) is 43.1 Å². The molecule has 1 aromatic carbocycles. The molecule has 1 N–H and O–H groups in total. The van der Waals surface area contributed by atoms with E-state index in [9.17, 15) is 17.6 Å². The first kappa shape index (κ1) is 22.9. The zero-order chi connectivity index (χ0) is 15.5. The van der Waals surface area contributed by atoms with E-state index < -0.39 is 24.5 Å². The lowest BCUT2D eigenvalue weighted by Crippen LogP contribution is -2.45. The predicted octanol–water partition coefficient (Wildman–Crippen LogP) is 4.72. The Balaban J connectivity index is 0.00000242. The number of piperazine rings is 1. The van der Waals surface area contributed by atoms with E-state index in [1.807, 2.05) is 4.90 Å². The average Bonchev–Trinajstić information content (AvgIpc) is 2.43. The summed E-state index contributed by atoms with van der Waals surface area (Å²) in [7, 11) is 0. The Kier molecular flexibility index (Phi) is 10.00. The molecule has 1 saturated heterocycles. The molecule has 1 atom stereocenters. The lowest BCUT2D eigenvalue weighted by Gasteiger charge is -2.36. The van der Waals surface area contributed by atoms with E-state index in [0.717, 1.165) is 13.1 Å². The number of hydrogen-bond acceptors (Lipinski definition) is 2. The van der Waals surface area contributed by atoms with Crippen LogP contribution in [0.4, 0.5) is 17.6 Å². The highest BCUT2D eigenvalue weighted by Crippen LogP contribution is 2.35. The molecular weight excluding hydrogens is 423 g/mol. The Bertz CT molecular complexity index is 482. The standard InChI is InChI=1S/C14H17BrF4N2.2ClH/c15-12-2-1-10(16)9-11(12)13(3-4-14(17,18)19)21-7-5-20-6-8-21;;/h1-2,9,13,20H,3-8H2;2*1H/t13-;;/m0../s1. The number of rotatable bonds is 4. The van der Waals surface area contributed by atoms with E-state index in [4.69, 9.17) is 0 Å². The SMILES string of the molecule is Cl.Cl.Fc1ccc(Br)c([C@H](CCC(F)(F)F)N2CCNCC2)c1. The molecule has 0 unspecified atom stereocenters. The van der Waals surface area contributed by atoms with Gasteiger partial charge < -0.3 is 5.32 Å². The maximum atomic E-state index is 13.5. The van der Waals surface area contributed by atoms with E-state index in [0.29, 0.717) is 23.1 Å². The zero-order valence-electron chi connectivity index (χ0n) is 12.2. The van der Waals surface area contributed by atoms with Gasteiger partial charge in [0.05, 0.1) is 0 Å². The first-order valence-corrected chi connectivity index (χ1v) is 7.62. The van der Waals surface area contributed by atoms with Crippen LogP contribution in [0.1, 0.15) is 24.4 Å². The topological polar surface area (TPSA) is 15.3 Å². The number of nitrogens with zero attached hydrogens (tertiary/aromatic N) is 1. The summed E-state index contributed by atoms with van der Waals surface area (Å²) in [5.74, 6) is -0.430. The van der Waals surface area contributed by atoms with E-state index >= 15 is 0 Å².